The maximum atomic E-state index is 9.71. The van der Waals surface area contributed by atoms with Crippen molar-refractivity contribution in [2.75, 3.05) is 23.8 Å². The second-order valence-corrected chi connectivity index (χ2v) is 9.16. The second kappa shape index (κ2) is 11.9. The predicted octanol–water partition coefficient (Wildman–Crippen LogP) is 4.40. The van der Waals surface area contributed by atoms with Gasteiger partial charge in [-0.25, -0.2) is 4.52 Å². The first-order valence-electron chi connectivity index (χ1n) is 11.6. The highest BCUT2D eigenvalue weighted by Crippen LogP contribution is 2.33. The zero-order valence-electron chi connectivity index (χ0n) is 20.8. The van der Waals surface area contributed by atoms with Crippen LogP contribution in [-0.4, -0.2) is 34.3 Å². The van der Waals surface area contributed by atoms with E-state index in [0.29, 0.717) is 17.8 Å². The van der Waals surface area contributed by atoms with Crippen LogP contribution in [-0.2, 0) is 4.79 Å². The molecule has 0 atom stereocenters. The van der Waals surface area contributed by atoms with Crippen LogP contribution in [0.3, 0.4) is 0 Å². The Morgan fingerprint density at radius 2 is 2.03 bits per heavy atom. The minimum atomic E-state index is -0.250. The zero-order chi connectivity index (χ0) is 26.1. The van der Waals surface area contributed by atoms with Gasteiger partial charge in [-0.05, 0) is 56.2 Å². The summed E-state index contributed by atoms with van der Waals surface area (Å²) >= 11 is 0. The Balaban J connectivity index is 0.00000115. The molecule has 9 heteroatoms. The van der Waals surface area contributed by atoms with E-state index in [1.54, 1.807) is 10.7 Å². The number of carbonyl (C=O) groups is 1. The van der Waals surface area contributed by atoms with Crippen molar-refractivity contribution in [3.05, 3.63) is 71.8 Å². The molecule has 0 saturated carbocycles. The minimum absolute atomic E-state index is 0.0866. The first-order valence-corrected chi connectivity index (χ1v) is 11.6. The Morgan fingerprint density at radius 3 is 2.64 bits per heavy atom. The number of benzene rings is 1. The number of aryl methyl sites for hydroxylation is 1. The van der Waals surface area contributed by atoms with Gasteiger partial charge in [0.05, 0.1) is 34.8 Å². The zero-order valence-corrected chi connectivity index (χ0v) is 20.8. The number of aliphatic hydroxyl groups is 1. The SMILES string of the molecule is Cc1c(NCC(C)(C)CO)cn2ncc(C#N)c(Nc3ccc(OC4=CCCC=C4)cc3)c12.NC=O. The van der Waals surface area contributed by atoms with Gasteiger partial charge < -0.3 is 26.2 Å². The Labute approximate surface area is 210 Å². The number of nitrogens with two attached hydrogens (primary N) is 1. The van der Waals surface area contributed by atoms with E-state index in [9.17, 15) is 10.4 Å². The fraction of sp³-hybridized carbons (Fsp3) is 0.296. The summed E-state index contributed by atoms with van der Waals surface area (Å²) in [7, 11) is 0. The van der Waals surface area contributed by atoms with Gasteiger partial charge in [-0.3, -0.25) is 4.79 Å². The van der Waals surface area contributed by atoms with E-state index in [1.807, 2.05) is 57.3 Å². The summed E-state index contributed by atoms with van der Waals surface area (Å²) in [5.74, 6) is 1.62. The molecule has 0 saturated heterocycles. The van der Waals surface area contributed by atoms with Crippen LogP contribution in [0, 0.1) is 23.7 Å². The van der Waals surface area contributed by atoms with Gasteiger partial charge in [-0.15, -0.1) is 0 Å². The van der Waals surface area contributed by atoms with Gasteiger partial charge in [-0.1, -0.05) is 19.9 Å². The summed E-state index contributed by atoms with van der Waals surface area (Å²) in [6.45, 7) is 6.70. The van der Waals surface area contributed by atoms with Gasteiger partial charge in [0.2, 0.25) is 6.41 Å². The van der Waals surface area contributed by atoms with Gasteiger partial charge in [-0.2, -0.15) is 10.4 Å². The number of hydrogen-bond donors (Lipinski definition) is 4. The van der Waals surface area contributed by atoms with Crippen molar-refractivity contribution in [3.8, 4) is 11.8 Å². The van der Waals surface area contributed by atoms with Crippen LogP contribution < -0.4 is 21.1 Å². The number of hydrogen-bond acceptors (Lipinski definition) is 7. The molecular formula is C27H32N6O3. The molecule has 5 N–H and O–H groups in total. The molecule has 2 heterocycles. The van der Waals surface area contributed by atoms with E-state index >= 15 is 0 Å². The van der Waals surface area contributed by atoms with Crippen LogP contribution in [0.25, 0.3) is 5.52 Å². The fourth-order valence-corrected chi connectivity index (χ4v) is 3.62. The van der Waals surface area contributed by atoms with Crippen molar-refractivity contribution in [2.45, 2.75) is 33.6 Å². The molecule has 9 nitrogen and oxygen atoms in total. The van der Waals surface area contributed by atoms with E-state index in [0.717, 1.165) is 46.8 Å². The van der Waals surface area contributed by atoms with Crippen molar-refractivity contribution in [2.24, 2.45) is 11.1 Å². The number of nitriles is 1. The molecule has 36 heavy (non-hydrogen) atoms. The summed E-state index contributed by atoms with van der Waals surface area (Å²) in [6.07, 6.45) is 11.9. The van der Waals surface area contributed by atoms with E-state index in [2.05, 4.69) is 39.7 Å². The van der Waals surface area contributed by atoms with Gasteiger partial charge in [0.1, 0.15) is 17.6 Å². The predicted molar refractivity (Wildman–Crippen MR) is 141 cm³/mol. The smallest absolute Gasteiger partial charge is 0.204 e. The summed E-state index contributed by atoms with van der Waals surface area (Å²) in [6, 6.07) is 9.92. The van der Waals surface area contributed by atoms with Gasteiger partial charge in [0.25, 0.3) is 0 Å². The van der Waals surface area contributed by atoms with Crippen LogP contribution in [0.4, 0.5) is 17.1 Å². The number of carbonyl (C=O) groups excluding carboxylic acids is 1. The van der Waals surface area contributed by atoms with Crippen molar-refractivity contribution in [1.82, 2.24) is 9.61 Å². The van der Waals surface area contributed by atoms with Crippen LogP contribution >= 0.6 is 0 Å². The highest BCUT2D eigenvalue weighted by Gasteiger charge is 2.19. The molecule has 188 valence electrons. The number of allylic oxidation sites excluding steroid dienone is 3. The lowest BCUT2D eigenvalue weighted by Crippen LogP contribution is -2.26. The van der Waals surface area contributed by atoms with E-state index in [-0.39, 0.29) is 18.4 Å². The summed E-state index contributed by atoms with van der Waals surface area (Å²) in [5, 5.41) is 30.5. The largest absolute Gasteiger partial charge is 0.458 e. The number of amides is 1. The van der Waals surface area contributed by atoms with Crippen molar-refractivity contribution >= 4 is 29.0 Å². The molecule has 1 aliphatic rings. The van der Waals surface area contributed by atoms with Crippen molar-refractivity contribution in [3.63, 3.8) is 0 Å². The van der Waals surface area contributed by atoms with E-state index in [4.69, 9.17) is 9.53 Å². The molecule has 0 unspecified atom stereocenters. The van der Waals surface area contributed by atoms with Gasteiger partial charge >= 0.3 is 0 Å². The quantitative estimate of drug-likeness (QED) is 0.345. The lowest BCUT2D eigenvalue weighted by molar-refractivity contribution is -0.106. The summed E-state index contributed by atoms with van der Waals surface area (Å²) in [5.41, 5.74) is 8.65. The average molecular weight is 489 g/mol. The number of nitrogens with one attached hydrogen (secondary N) is 2. The van der Waals surface area contributed by atoms with Crippen molar-refractivity contribution < 1.29 is 14.6 Å². The minimum Gasteiger partial charge on any atom is -0.458 e. The molecule has 0 radical (unpaired) electrons. The topological polar surface area (TPSA) is 138 Å². The molecule has 0 fully saturated rings. The molecule has 1 aromatic carbocycles. The number of aromatic nitrogens is 2. The summed E-state index contributed by atoms with van der Waals surface area (Å²) in [4.78, 5) is 8.58. The second-order valence-electron chi connectivity index (χ2n) is 9.16. The first kappa shape index (κ1) is 26.3. The first-order chi connectivity index (χ1) is 17.3. The third kappa shape index (κ3) is 6.43. The number of aliphatic hydroxyl groups excluding tert-OH is 1. The molecule has 3 aromatic rings. The molecule has 0 bridgehead atoms. The number of fused-ring (bicyclic) bond motifs is 1. The Bertz CT molecular complexity index is 1300. The maximum Gasteiger partial charge on any atom is 0.204 e. The molecule has 1 amide bonds. The lowest BCUT2D eigenvalue weighted by atomic mass is 9.95. The third-order valence-corrected chi connectivity index (χ3v) is 5.68. The number of ether oxygens (including phenoxy) is 1. The van der Waals surface area contributed by atoms with Crippen LogP contribution in [0.1, 0.15) is 37.8 Å². The fourth-order valence-electron chi connectivity index (χ4n) is 3.62. The third-order valence-electron chi connectivity index (χ3n) is 5.68. The molecule has 0 spiro atoms. The number of primary amides is 1. The highest BCUT2D eigenvalue weighted by atomic mass is 16.5. The Kier molecular flexibility index (Phi) is 8.71. The molecule has 4 rings (SSSR count). The molecule has 1 aliphatic carbocycles. The monoisotopic (exact) mass is 488 g/mol. The Hall–Kier alpha value is -4.29. The average Bonchev–Trinajstić information content (AvgIpc) is 3.21. The Morgan fingerprint density at radius 1 is 1.31 bits per heavy atom. The number of anilines is 3. The lowest BCUT2D eigenvalue weighted by Gasteiger charge is -2.22. The van der Waals surface area contributed by atoms with E-state index in [1.165, 1.54) is 0 Å². The van der Waals surface area contributed by atoms with Crippen LogP contribution in [0.5, 0.6) is 5.75 Å². The highest BCUT2D eigenvalue weighted by molar-refractivity contribution is 5.87. The number of rotatable bonds is 8. The van der Waals surface area contributed by atoms with Gasteiger partial charge in [0.15, 0.2) is 0 Å². The van der Waals surface area contributed by atoms with Gasteiger partial charge in [0, 0.05) is 29.8 Å². The normalized spacial score (nSPS) is 12.7. The molecular weight excluding hydrogens is 456 g/mol. The molecule has 2 aromatic heterocycles. The maximum absolute atomic E-state index is 9.71. The van der Waals surface area contributed by atoms with Crippen LogP contribution in [0.15, 0.2) is 60.6 Å². The molecule has 0 aliphatic heterocycles. The van der Waals surface area contributed by atoms with Crippen molar-refractivity contribution in [1.29, 1.82) is 5.26 Å². The van der Waals surface area contributed by atoms with Crippen LogP contribution in [0.2, 0.25) is 0 Å². The summed E-state index contributed by atoms with van der Waals surface area (Å²) < 4.78 is 7.69. The van der Waals surface area contributed by atoms with E-state index < -0.39 is 0 Å². The number of nitrogens with zero attached hydrogens (tertiary/aromatic N) is 3. The standard InChI is InChI=1S/C26H29N5O2.CH3NO/c1-18-23(28-16-26(2,3)17-32)15-31-25(18)24(19(13-27)14-29-31)30-20-9-11-22(12-10-20)33-21-7-5-4-6-8-21;2-1-3/h5,7-12,14-15,28,30,32H,4,6,16-17H2,1-3H3;1H,(H2,2,3).